The standard InChI is InChI=1S/C18H19BrN2O4S/c1-2-25-16-10-9-13(19)12-17(16)26(23,24)20-14-6-3-4-7-15(14)21-11-5-8-18(21)22/h3-4,6-7,9-10,12,20H,2,5,8,11H2,1H3. The zero-order chi connectivity index (χ0) is 18.7. The zero-order valence-corrected chi connectivity index (χ0v) is 16.6. The number of hydrogen-bond acceptors (Lipinski definition) is 4. The molecule has 6 nitrogen and oxygen atoms in total. The third kappa shape index (κ3) is 3.86. The van der Waals surface area contributed by atoms with Gasteiger partial charge in [-0.25, -0.2) is 8.42 Å². The normalized spacial score (nSPS) is 14.5. The first kappa shape index (κ1) is 18.7. The molecule has 0 atom stereocenters. The van der Waals surface area contributed by atoms with Crippen molar-refractivity contribution in [1.82, 2.24) is 0 Å². The molecule has 1 N–H and O–H groups in total. The summed E-state index contributed by atoms with van der Waals surface area (Å²) in [6.45, 7) is 2.72. The Labute approximate surface area is 161 Å². The lowest BCUT2D eigenvalue weighted by molar-refractivity contribution is -0.117. The van der Waals surface area contributed by atoms with E-state index in [0.29, 0.717) is 35.4 Å². The monoisotopic (exact) mass is 438 g/mol. The first-order valence-corrected chi connectivity index (χ1v) is 10.5. The molecule has 138 valence electrons. The fraction of sp³-hybridized carbons (Fsp3) is 0.278. The van der Waals surface area contributed by atoms with E-state index in [1.165, 1.54) is 6.07 Å². The van der Waals surface area contributed by atoms with E-state index in [1.54, 1.807) is 48.2 Å². The molecule has 2 aromatic carbocycles. The molecule has 26 heavy (non-hydrogen) atoms. The van der Waals surface area contributed by atoms with Gasteiger partial charge in [0.15, 0.2) is 0 Å². The van der Waals surface area contributed by atoms with Crippen LogP contribution in [0.4, 0.5) is 11.4 Å². The number of carbonyl (C=O) groups is 1. The van der Waals surface area contributed by atoms with E-state index in [2.05, 4.69) is 20.7 Å². The van der Waals surface area contributed by atoms with Gasteiger partial charge in [-0.3, -0.25) is 9.52 Å². The third-order valence-electron chi connectivity index (χ3n) is 4.01. The van der Waals surface area contributed by atoms with Crippen LogP contribution in [0.1, 0.15) is 19.8 Å². The second-order valence-corrected chi connectivity index (χ2v) is 8.36. The van der Waals surface area contributed by atoms with Gasteiger partial charge in [0.2, 0.25) is 5.91 Å². The number of nitrogens with zero attached hydrogens (tertiary/aromatic N) is 1. The maximum Gasteiger partial charge on any atom is 0.265 e. The molecule has 0 bridgehead atoms. The summed E-state index contributed by atoms with van der Waals surface area (Å²) in [5.74, 6) is 0.270. The molecule has 0 unspecified atom stereocenters. The van der Waals surface area contributed by atoms with Crippen molar-refractivity contribution < 1.29 is 17.9 Å². The number of sulfonamides is 1. The summed E-state index contributed by atoms with van der Waals surface area (Å²) in [7, 11) is -3.90. The van der Waals surface area contributed by atoms with Crippen LogP contribution < -0.4 is 14.4 Å². The Morgan fingerprint density at radius 1 is 1.23 bits per heavy atom. The van der Waals surface area contributed by atoms with Gasteiger partial charge in [-0.15, -0.1) is 0 Å². The van der Waals surface area contributed by atoms with Crippen molar-refractivity contribution in [2.45, 2.75) is 24.7 Å². The van der Waals surface area contributed by atoms with Gasteiger partial charge in [-0.1, -0.05) is 28.1 Å². The summed E-state index contributed by atoms with van der Waals surface area (Å²) in [6, 6.07) is 11.7. The number of hydrogen-bond donors (Lipinski definition) is 1. The Morgan fingerprint density at radius 2 is 2.00 bits per heavy atom. The smallest absolute Gasteiger partial charge is 0.265 e. The van der Waals surface area contributed by atoms with E-state index < -0.39 is 10.0 Å². The van der Waals surface area contributed by atoms with E-state index in [4.69, 9.17) is 4.74 Å². The lowest BCUT2D eigenvalue weighted by atomic mass is 10.2. The van der Waals surface area contributed by atoms with Crippen molar-refractivity contribution in [3.8, 4) is 5.75 Å². The molecule has 0 aromatic heterocycles. The van der Waals surface area contributed by atoms with Crippen LogP contribution >= 0.6 is 15.9 Å². The van der Waals surface area contributed by atoms with Gasteiger partial charge in [-0.05, 0) is 43.7 Å². The summed E-state index contributed by atoms with van der Waals surface area (Å²) in [6.07, 6.45) is 1.24. The first-order valence-electron chi connectivity index (χ1n) is 8.27. The lowest BCUT2D eigenvalue weighted by Crippen LogP contribution is -2.25. The van der Waals surface area contributed by atoms with E-state index in [1.807, 2.05) is 0 Å². The van der Waals surface area contributed by atoms with Crippen molar-refractivity contribution in [3.63, 3.8) is 0 Å². The van der Waals surface area contributed by atoms with Crippen LogP contribution in [-0.4, -0.2) is 27.5 Å². The minimum Gasteiger partial charge on any atom is -0.492 e. The molecular formula is C18H19BrN2O4S. The first-order chi connectivity index (χ1) is 12.4. The Balaban J connectivity index is 1.99. The van der Waals surface area contributed by atoms with Crippen LogP contribution in [0.5, 0.6) is 5.75 Å². The largest absolute Gasteiger partial charge is 0.492 e. The fourth-order valence-electron chi connectivity index (χ4n) is 2.86. The van der Waals surface area contributed by atoms with Gasteiger partial charge < -0.3 is 9.64 Å². The van der Waals surface area contributed by atoms with Gasteiger partial charge in [0.1, 0.15) is 10.6 Å². The van der Waals surface area contributed by atoms with Crippen molar-refractivity contribution in [2.75, 3.05) is 22.8 Å². The Bertz CT molecular complexity index is 931. The minimum atomic E-state index is -3.90. The average molecular weight is 439 g/mol. The second-order valence-electron chi connectivity index (χ2n) is 5.80. The molecule has 0 radical (unpaired) electrons. The number of carbonyl (C=O) groups excluding carboxylic acids is 1. The Morgan fingerprint density at radius 3 is 2.69 bits per heavy atom. The number of para-hydroxylation sites is 2. The fourth-order valence-corrected chi connectivity index (χ4v) is 4.62. The SMILES string of the molecule is CCOc1ccc(Br)cc1S(=O)(=O)Nc1ccccc1N1CCCC1=O. The predicted molar refractivity (Wildman–Crippen MR) is 104 cm³/mol. The molecular weight excluding hydrogens is 420 g/mol. The highest BCUT2D eigenvalue weighted by atomic mass is 79.9. The molecule has 1 saturated heterocycles. The third-order valence-corrected chi connectivity index (χ3v) is 5.89. The molecule has 0 saturated carbocycles. The minimum absolute atomic E-state index is 0.00545. The number of rotatable bonds is 6. The van der Waals surface area contributed by atoms with Gasteiger partial charge in [0.05, 0.1) is 18.0 Å². The van der Waals surface area contributed by atoms with Crippen LogP contribution in [0.3, 0.4) is 0 Å². The second kappa shape index (κ2) is 7.67. The quantitative estimate of drug-likeness (QED) is 0.744. The van der Waals surface area contributed by atoms with Gasteiger partial charge in [-0.2, -0.15) is 0 Å². The van der Waals surface area contributed by atoms with Crippen molar-refractivity contribution >= 4 is 43.2 Å². The molecule has 1 amide bonds. The molecule has 1 aliphatic heterocycles. The van der Waals surface area contributed by atoms with Crippen molar-refractivity contribution in [1.29, 1.82) is 0 Å². The highest BCUT2D eigenvalue weighted by Gasteiger charge is 2.26. The average Bonchev–Trinajstić information content (AvgIpc) is 3.02. The number of amides is 1. The molecule has 0 spiro atoms. The molecule has 1 fully saturated rings. The predicted octanol–water partition coefficient (Wildman–Crippen LogP) is 3.78. The topological polar surface area (TPSA) is 75.7 Å². The molecule has 8 heteroatoms. The van der Waals surface area contributed by atoms with Crippen LogP contribution in [0, 0.1) is 0 Å². The summed E-state index contributed by atoms with van der Waals surface area (Å²) >= 11 is 3.30. The number of nitrogens with one attached hydrogen (secondary N) is 1. The van der Waals surface area contributed by atoms with E-state index in [0.717, 1.165) is 6.42 Å². The maximum atomic E-state index is 13.0. The summed E-state index contributed by atoms with van der Waals surface area (Å²) in [5, 5.41) is 0. The van der Waals surface area contributed by atoms with Crippen molar-refractivity contribution in [2.24, 2.45) is 0 Å². The van der Waals surface area contributed by atoms with Crippen LogP contribution in [0.25, 0.3) is 0 Å². The maximum absolute atomic E-state index is 13.0. The van der Waals surface area contributed by atoms with Gasteiger partial charge in [0, 0.05) is 17.4 Å². The number of halogens is 1. The molecule has 1 heterocycles. The van der Waals surface area contributed by atoms with Crippen LogP contribution in [-0.2, 0) is 14.8 Å². The number of ether oxygens (including phenoxy) is 1. The van der Waals surface area contributed by atoms with E-state index in [-0.39, 0.29) is 16.6 Å². The molecule has 3 rings (SSSR count). The Kier molecular flexibility index (Phi) is 5.52. The van der Waals surface area contributed by atoms with Crippen LogP contribution in [0.15, 0.2) is 51.8 Å². The lowest BCUT2D eigenvalue weighted by Gasteiger charge is -2.21. The highest BCUT2D eigenvalue weighted by molar-refractivity contribution is 9.10. The Hall–Kier alpha value is -2.06. The number of benzene rings is 2. The molecule has 2 aromatic rings. The van der Waals surface area contributed by atoms with Crippen molar-refractivity contribution in [3.05, 3.63) is 46.9 Å². The highest BCUT2D eigenvalue weighted by Crippen LogP contribution is 2.33. The van der Waals surface area contributed by atoms with E-state index >= 15 is 0 Å². The number of anilines is 2. The summed E-state index contributed by atoms with van der Waals surface area (Å²) in [4.78, 5) is 13.7. The zero-order valence-electron chi connectivity index (χ0n) is 14.2. The van der Waals surface area contributed by atoms with Crippen LogP contribution in [0.2, 0.25) is 0 Å². The van der Waals surface area contributed by atoms with E-state index in [9.17, 15) is 13.2 Å². The summed E-state index contributed by atoms with van der Waals surface area (Å²) < 4.78 is 34.7. The van der Waals surface area contributed by atoms with Gasteiger partial charge >= 0.3 is 0 Å². The van der Waals surface area contributed by atoms with Gasteiger partial charge in [0.25, 0.3) is 10.0 Å². The summed E-state index contributed by atoms with van der Waals surface area (Å²) in [5.41, 5.74) is 0.928. The molecule has 1 aliphatic rings. The molecule has 0 aliphatic carbocycles.